The number of pyridine rings is 2. The van der Waals surface area contributed by atoms with Gasteiger partial charge < -0.3 is 14.7 Å². The number of hydrogen-bond donors (Lipinski definition) is 0. The second kappa shape index (κ2) is 7.80. The Balaban J connectivity index is 1.58. The Morgan fingerprint density at radius 1 is 1.08 bits per heavy atom. The first-order chi connectivity index (χ1) is 12.0. The summed E-state index contributed by atoms with van der Waals surface area (Å²) < 4.78 is 0. The number of carbonyl (C=O) groups is 1. The number of aromatic nitrogens is 2. The summed E-state index contributed by atoms with van der Waals surface area (Å²) in [6.45, 7) is 3.62. The normalized spacial score (nSPS) is 14.9. The lowest BCUT2D eigenvalue weighted by Crippen LogP contribution is -2.49. The summed E-state index contributed by atoms with van der Waals surface area (Å²) in [6.07, 6.45) is 3.32. The molecule has 2 aromatic rings. The molecule has 3 heterocycles. The van der Waals surface area contributed by atoms with Gasteiger partial charge in [-0.15, -0.1) is 0 Å². The van der Waals surface area contributed by atoms with Gasteiger partial charge in [-0.3, -0.25) is 9.78 Å². The minimum Gasteiger partial charge on any atom is -0.353 e. The molecule has 0 unspecified atom stereocenters. The molecule has 132 valence electrons. The highest BCUT2D eigenvalue weighted by molar-refractivity contribution is 6.30. The summed E-state index contributed by atoms with van der Waals surface area (Å²) in [7, 11) is 3.99. The van der Waals surface area contributed by atoms with E-state index in [0.717, 1.165) is 31.1 Å². The molecule has 1 aliphatic heterocycles. The van der Waals surface area contributed by atoms with Crippen molar-refractivity contribution in [1.82, 2.24) is 19.8 Å². The van der Waals surface area contributed by atoms with Crippen LogP contribution in [0.5, 0.6) is 0 Å². The first kappa shape index (κ1) is 17.6. The first-order valence-corrected chi connectivity index (χ1v) is 8.66. The molecule has 0 atom stereocenters. The van der Waals surface area contributed by atoms with E-state index in [1.807, 2.05) is 48.2 Å². The van der Waals surface area contributed by atoms with Crippen LogP contribution in [0.1, 0.15) is 16.1 Å². The molecule has 6 nitrogen and oxygen atoms in total. The predicted molar refractivity (Wildman–Crippen MR) is 99.0 cm³/mol. The quantitative estimate of drug-likeness (QED) is 0.837. The van der Waals surface area contributed by atoms with E-state index in [4.69, 9.17) is 11.6 Å². The van der Waals surface area contributed by atoms with Crippen molar-refractivity contribution in [3.8, 4) is 0 Å². The number of piperazine rings is 1. The molecule has 25 heavy (non-hydrogen) atoms. The molecule has 0 radical (unpaired) electrons. The van der Waals surface area contributed by atoms with Crippen LogP contribution in [0, 0.1) is 0 Å². The van der Waals surface area contributed by atoms with Gasteiger partial charge in [0.15, 0.2) is 0 Å². The Hall–Kier alpha value is -2.18. The Morgan fingerprint density at radius 2 is 1.84 bits per heavy atom. The summed E-state index contributed by atoms with van der Waals surface area (Å²) >= 11 is 5.88. The zero-order chi connectivity index (χ0) is 17.8. The minimum absolute atomic E-state index is 0.0348. The van der Waals surface area contributed by atoms with E-state index in [0.29, 0.717) is 23.7 Å². The number of hydrogen-bond acceptors (Lipinski definition) is 5. The highest BCUT2D eigenvalue weighted by Gasteiger charge is 2.23. The maximum Gasteiger partial charge on any atom is 0.255 e. The van der Waals surface area contributed by atoms with E-state index >= 15 is 0 Å². The Labute approximate surface area is 153 Å². The van der Waals surface area contributed by atoms with Gasteiger partial charge in [0, 0.05) is 45.1 Å². The zero-order valence-corrected chi connectivity index (χ0v) is 15.3. The zero-order valence-electron chi connectivity index (χ0n) is 14.5. The third-order valence-electron chi connectivity index (χ3n) is 4.15. The van der Waals surface area contributed by atoms with Crippen LogP contribution in [0.3, 0.4) is 0 Å². The van der Waals surface area contributed by atoms with Crippen LogP contribution in [0.2, 0.25) is 5.02 Å². The van der Waals surface area contributed by atoms with E-state index in [1.54, 1.807) is 12.4 Å². The number of halogens is 1. The van der Waals surface area contributed by atoms with Crippen molar-refractivity contribution in [3.05, 3.63) is 52.9 Å². The fourth-order valence-electron chi connectivity index (χ4n) is 2.84. The van der Waals surface area contributed by atoms with E-state index < -0.39 is 0 Å². The minimum atomic E-state index is 0.0348. The van der Waals surface area contributed by atoms with Crippen LogP contribution >= 0.6 is 11.6 Å². The fourth-order valence-corrected chi connectivity index (χ4v) is 2.96. The molecule has 0 bridgehead atoms. The molecule has 0 aliphatic carbocycles. The van der Waals surface area contributed by atoms with Gasteiger partial charge >= 0.3 is 0 Å². The molecule has 0 N–H and O–H groups in total. The molecule has 1 fully saturated rings. The number of nitrogens with zero attached hydrogens (tertiary/aromatic N) is 5. The third-order valence-corrected chi connectivity index (χ3v) is 4.38. The van der Waals surface area contributed by atoms with Crippen molar-refractivity contribution in [1.29, 1.82) is 0 Å². The average Bonchev–Trinajstić information content (AvgIpc) is 2.62. The van der Waals surface area contributed by atoms with Gasteiger partial charge in [-0.2, -0.15) is 0 Å². The van der Waals surface area contributed by atoms with E-state index in [9.17, 15) is 4.79 Å². The molecule has 0 aromatic carbocycles. The Morgan fingerprint density at radius 3 is 2.40 bits per heavy atom. The average molecular weight is 360 g/mol. The Kier molecular flexibility index (Phi) is 5.50. The monoisotopic (exact) mass is 359 g/mol. The van der Waals surface area contributed by atoms with Crippen molar-refractivity contribution in [2.45, 2.75) is 6.54 Å². The number of anilines is 1. The van der Waals surface area contributed by atoms with Crippen molar-refractivity contribution in [2.75, 3.05) is 45.2 Å². The molecule has 0 saturated carbocycles. The van der Waals surface area contributed by atoms with Gasteiger partial charge in [-0.25, -0.2) is 4.98 Å². The molecule has 2 aromatic heterocycles. The highest BCUT2D eigenvalue weighted by Crippen LogP contribution is 2.17. The van der Waals surface area contributed by atoms with Gasteiger partial charge in [-0.1, -0.05) is 11.6 Å². The van der Waals surface area contributed by atoms with Crippen molar-refractivity contribution in [2.24, 2.45) is 0 Å². The van der Waals surface area contributed by atoms with E-state index in [1.165, 1.54) is 0 Å². The molecular weight excluding hydrogens is 338 g/mol. The second-order valence-corrected chi connectivity index (χ2v) is 6.83. The lowest BCUT2D eigenvalue weighted by Gasteiger charge is -2.35. The molecule has 3 rings (SSSR count). The van der Waals surface area contributed by atoms with Crippen molar-refractivity contribution >= 4 is 23.3 Å². The van der Waals surface area contributed by atoms with Gasteiger partial charge in [0.1, 0.15) is 5.82 Å². The van der Waals surface area contributed by atoms with E-state index in [2.05, 4.69) is 14.9 Å². The Bertz CT molecular complexity index is 709. The largest absolute Gasteiger partial charge is 0.353 e. The molecule has 7 heteroatoms. The van der Waals surface area contributed by atoms with Crippen LogP contribution < -0.4 is 4.90 Å². The predicted octanol–water partition coefficient (Wildman–Crippen LogP) is 2.15. The summed E-state index contributed by atoms with van der Waals surface area (Å²) in [5.41, 5.74) is 1.60. The smallest absolute Gasteiger partial charge is 0.255 e. The standard InChI is InChI=1S/C18H22ClN5O/c1-22(2)13-16-5-3-14(11-20-16)18(25)24-9-7-23(8-10-24)17-6-4-15(19)12-21-17/h3-6,11-12H,7-10,13H2,1-2H3. The molecular formula is C18H22ClN5O. The second-order valence-electron chi connectivity index (χ2n) is 6.39. The van der Waals surface area contributed by atoms with Crippen LogP contribution in [-0.4, -0.2) is 65.9 Å². The van der Waals surface area contributed by atoms with Gasteiger partial charge in [-0.05, 0) is 38.4 Å². The van der Waals surface area contributed by atoms with Crippen LogP contribution in [0.15, 0.2) is 36.7 Å². The number of amides is 1. The summed E-state index contributed by atoms with van der Waals surface area (Å²) in [6, 6.07) is 7.53. The lowest BCUT2D eigenvalue weighted by molar-refractivity contribution is 0.0746. The maximum atomic E-state index is 12.6. The summed E-state index contributed by atoms with van der Waals surface area (Å²) in [5, 5.41) is 0.628. The first-order valence-electron chi connectivity index (χ1n) is 8.28. The van der Waals surface area contributed by atoms with Crippen molar-refractivity contribution < 1.29 is 4.79 Å². The SMILES string of the molecule is CN(C)Cc1ccc(C(=O)N2CCN(c3ccc(Cl)cn3)CC2)cn1. The van der Waals surface area contributed by atoms with Gasteiger partial charge in [0.2, 0.25) is 0 Å². The number of carbonyl (C=O) groups excluding carboxylic acids is 1. The summed E-state index contributed by atoms with van der Waals surface area (Å²) in [4.78, 5) is 27.5. The molecule has 1 saturated heterocycles. The fraction of sp³-hybridized carbons (Fsp3) is 0.389. The molecule has 1 amide bonds. The van der Waals surface area contributed by atoms with Crippen LogP contribution in [0.25, 0.3) is 0 Å². The van der Waals surface area contributed by atoms with Gasteiger partial charge in [0.05, 0.1) is 16.3 Å². The third kappa shape index (κ3) is 4.46. The van der Waals surface area contributed by atoms with Gasteiger partial charge in [0.25, 0.3) is 5.91 Å². The maximum absolute atomic E-state index is 12.6. The van der Waals surface area contributed by atoms with Crippen LogP contribution in [-0.2, 0) is 6.54 Å². The highest BCUT2D eigenvalue weighted by atomic mass is 35.5. The molecule has 0 spiro atoms. The van der Waals surface area contributed by atoms with Crippen molar-refractivity contribution in [3.63, 3.8) is 0 Å². The molecule has 1 aliphatic rings. The van der Waals surface area contributed by atoms with Crippen LogP contribution in [0.4, 0.5) is 5.82 Å². The topological polar surface area (TPSA) is 52.6 Å². The summed E-state index contributed by atoms with van der Waals surface area (Å²) in [5.74, 6) is 0.929. The lowest BCUT2D eigenvalue weighted by atomic mass is 10.2. The number of rotatable bonds is 4. The van der Waals surface area contributed by atoms with E-state index in [-0.39, 0.29) is 5.91 Å².